The van der Waals surface area contributed by atoms with E-state index in [2.05, 4.69) is 0 Å². The summed E-state index contributed by atoms with van der Waals surface area (Å²) in [6.07, 6.45) is 2.85. The fourth-order valence-electron chi connectivity index (χ4n) is 2.98. The largest absolute Gasteiger partial charge is 0.493 e. The highest BCUT2D eigenvalue weighted by molar-refractivity contribution is 5.89. The fourth-order valence-corrected chi connectivity index (χ4v) is 2.98. The minimum atomic E-state index is -0.593. The third-order valence-corrected chi connectivity index (χ3v) is 4.00. The Morgan fingerprint density at radius 3 is 2.44 bits per heavy atom. The number of amides is 1. The highest BCUT2D eigenvalue weighted by Crippen LogP contribution is 2.40. The summed E-state index contributed by atoms with van der Waals surface area (Å²) in [7, 11) is 1.54. The van der Waals surface area contributed by atoms with E-state index in [0.717, 1.165) is 0 Å². The molecule has 0 bridgehead atoms. The van der Waals surface area contributed by atoms with Gasteiger partial charge in [-0.1, -0.05) is 0 Å². The Kier molecular flexibility index (Phi) is 7.10. The first-order valence-corrected chi connectivity index (χ1v) is 8.97. The predicted molar refractivity (Wildman–Crippen MR) is 101 cm³/mol. The molecule has 0 atom stereocenters. The van der Waals surface area contributed by atoms with Gasteiger partial charge in [0.05, 0.1) is 7.11 Å². The molecule has 0 radical (unpaired) electrons. The standard InChI is InChI=1S/C20H27NO6/c1-13(2)21(14(3)4)18(22)12-27-19(23)7-6-15-10-16(24-5)20-17(11-15)25-8-9-26-20/h6-7,10-11,13-14H,8-9,12H2,1-5H3/b7-6+. The Morgan fingerprint density at radius 2 is 1.81 bits per heavy atom. The van der Waals surface area contributed by atoms with E-state index in [9.17, 15) is 9.59 Å². The highest BCUT2D eigenvalue weighted by atomic mass is 16.6. The van der Waals surface area contributed by atoms with E-state index < -0.39 is 5.97 Å². The predicted octanol–water partition coefficient (Wildman–Crippen LogP) is 2.67. The second-order valence-electron chi connectivity index (χ2n) is 6.68. The van der Waals surface area contributed by atoms with Crippen LogP contribution in [0.2, 0.25) is 0 Å². The van der Waals surface area contributed by atoms with Gasteiger partial charge in [0.2, 0.25) is 5.75 Å². The Labute approximate surface area is 159 Å². The maximum absolute atomic E-state index is 12.2. The number of carbonyl (C=O) groups is 2. The number of fused-ring (bicyclic) bond motifs is 1. The van der Waals surface area contributed by atoms with Gasteiger partial charge in [-0.15, -0.1) is 0 Å². The van der Waals surface area contributed by atoms with Crippen molar-refractivity contribution in [2.45, 2.75) is 39.8 Å². The molecule has 0 saturated heterocycles. The lowest BCUT2D eigenvalue weighted by Gasteiger charge is -2.30. The van der Waals surface area contributed by atoms with Crippen molar-refractivity contribution in [3.63, 3.8) is 0 Å². The van der Waals surface area contributed by atoms with Gasteiger partial charge in [-0.3, -0.25) is 4.79 Å². The van der Waals surface area contributed by atoms with E-state index in [0.29, 0.717) is 36.0 Å². The number of rotatable bonds is 7. The van der Waals surface area contributed by atoms with Gasteiger partial charge in [0.1, 0.15) is 13.2 Å². The minimum Gasteiger partial charge on any atom is -0.493 e. The molecule has 7 nitrogen and oxygen atoms in total. The van der Waals surface area contributed by atoms with Crippen LogP contribution in [0.15, 0.2) is 18.2 Å². The molecule has 1 amide bonds. The first-order chi connectivity index (χ1) is 12.8. The molecule has 1 aromatic rings. The molecule has 1 aliphatic rings. The van der Waals surface area contributed by atoms with Crippen LogP contribution >= 0.6 is 0 Å². The molecule has 1 heterocycles. The third-order valence-electron chi connectivity index (χ3n) is 4.00. The van der Waals surface area contributed by atoms with Gasteiger partial charge in [0.25, 0.3) is 5.91 Å². The van der Waals surface area contributed by atoms with Gasteiger partial charge < -0.3 is 23.8 Å². The molecule has 0 N–H and O–H groups in total. The minimum absolute atomic E-state index is 0.0388. The summed E-state index contributed by atoms with van der Waals surface area (Å²) in [6.45, 7) is 8.33. The lowest BCUT2D eigenvalue weighted by Crippen LogP contribution is -2.44. The van der Waals surface area contributed by atoms with Crippen LogP contribution in [-0.2, 0) is 14.3 Å². The summed E-state index contributed by atoms with van der Waals surface area (Å²) < 4.78 is 21.5. The lowest BCUT2D eigenvalue weighted by atomic mass is 10.1. The van der Waals surface area contributed by atoms with Gasteiger partial charge in [-0.25, -0.2) is 4.79 Å². The zero-order chi connectivity index (χ0) is 20.0. The van der Waals surface area contributed by atoms with Crippen molar-refractivity contribution < 1.29 is 28.5 Å². The molecule has 7 heteroatoms. The molecular formula is C20H27NO6. The van der Waals surface area contributed by atoms with Crippen LogP contribution in [0.25, 0.3) is 6.08 Å². The number of hydrogen-bond acceptors (Lipinski definition) is 6. The van der Waals surface area contributed by atoms with Gasteiger partial charge in [0, 0.05) is 18.2 Å². The number of hydrogen-bond donors (Lipinski definition) is 0. The SMILES string of the molecule is COc1cc(/C=C/C(=O)OCC(=O)N(C(C)C)C(C)C)cc2c1OCCO2. The molecule has 0 fully saturated rings. The summed E-state index contributed by atoms with van der Waals surface area (Å²) in [5, 5.41) is 0. The Morgan fingerprint density at radius 1 is 1.15 bits per heavy atom. The van der Waals surface area contributed by atoms with Crippen molar-refractivity contribution in [1.29, 1.82) is 0 Å². The number of benzene rings is 1. The normalized spacial score (nSPS) is 13.1. The average molecular weight is 377 g/mol. The molecule has 0 saturated carbocycles. The lowest BCUT2D eigenvalue weighted by molar-refractivity contribution is -0.150. The highest BCUT2D eigenvalue weighted by Gasteiger charge is 2.21. The molecule has 2 rings (SSSR count). The van der Waals surface area contributed by atoms with Crippen LogP contribution < -0.4 is 14.2 Å². The summed E-state index contributed by atoms with van der Waals surface area (Å²) in [5.41, 5.74) is 0.699. The van der Waals surface area contributed by atoms with Gasteiger partial charge in [-0.2, -0.15) is 0 Å². The smallest absolute Gasteiger partial charge is 0.331 e. The molecule has 0 spiro atoms. The van der Waals surface area contributed by atoms with Crippen molar-refractivity contribution >= 4 is 18.0 Å². The van der Waals surface area contributed by atoms with Crippen LogP contribution in [0.5, 0.6) is 17.2 Å². The topological polar surface area (TPSA) is 74.3 Å². The quantitative estimate of drug-likeness (QED) is 0.537. The maximum Gasteiger partial charge on any atom is 0.331 e. The average Bonchev–Trinajstić information content (AvgIpc) is 2.63. The van der Waals surface area contributed by atoms with Gasteiger partial charge >= 0.3 is 5.97 Å². The number of nitrogens with zero attached hydrogens (tertiary/aromatic N) is 1. The molecule has 1 aliphatic heterocycles. The zero-order valence-corrected chi connectivity index (χ0v) is 16.5. The van der Waals surface area contributed by atoms with Crippen LogP contribution in [0.1, 0.15) is 33.3 Å². The Hall–Kier alpha value is -2.70. The fraction of sp³-hybridized carbons (Fsp3) is 0.500. The summed E-state index contributed by atoms with van der Waals surface area (Å²) in [6, 6.07) is 3.57. The summed E-state index contributed by atoms with van der Waals surface area (Å²) in [4.78, 5) is 25.9. The Bertz CT molecular complexity index is 685. The maximum atomic E-state index is 12.2. The van der Waals surface area contributed by atoms with Crippen LogP contribution in [0, 0.1) is 0 Å². The van der Waals surface area contributed by atoms with Gasteiger partial charge in [0.15, 0.2) is 18.1 Å². The molecule has 1 aromatic carbocycles. The Balaban J connectivity index is 1.99. The van der Waals surface area contributed by atoms with Crippen molar-refractivity contribution in [3.8, 4) is 17.2 Å². The molecular weight excluding hydrogens is 350 g/mol. The third kappa shape index (κ3) is 5.39. The summed E-state index contributed by atoms with van der Waals surface area (Å²) >= 11 is 0. The summed E-state index contributed by atoms with van der Waals surface area (Å²) in [5.74, 6) is 0.831. The number of carbonyl (C=O) groups excluding carboxylic acids is 2. The molecule has 0 aliphatic carbocycles. The van der Waals surface area contributed by atoms with E-state index >= 15 is 0 Å². The second kappa shape index (κ2) is 9.30. The number of ether oxygens (including phenoxy) is 4. The van der Waals surface area contributed by atoms with Gasteiger partial charge in [-0.05, 0) is 51.5 Å². The second-order valence-corrected chi connectivity index (χ2v) is 6.68. The number of esters is 1. The van der Waals surface area contributed by atoms with E-state index in [1.54, 1.807) is 23.1 Å². The van der Waals surface area contributed by atoms with Crippen molar-refractivity contribution in [3.05, 3.63) is 23.8 Å². The van der Waals surface area contributed by atoms with E-state index in [1.165, 1.54) is 13.2 Å². The van der Waals surface area contributed by atoms with E-state index in [-0.39, 0.29) is 24.6 Å². The van der Waals surface area contributed by atoms with E-state index in [4.69, 9.17) is 18.9 Å². The first kappa shape index (κ1) is 20.6. The van der Waals surface area contributed by atoms with Crippen LogP contribution in [0.3, 0.4) is 0 Å². The van der Waals surface area contributed by atoms with Crippen LogP contribution in [0.4, 0.5) is 0 Å². The zero-order valence-electron chi connectivity index (χ0n) is 16.5. The monoisotopic (exact) mass is 377 g/mol. The van der Waals surface area contributed by atoms with E-state index in [1.807, 2.05) is 27.7 Å². The van der Waals surface area contributed by atoms with Crippen molar-refractivity contribution in [2.24, 2.45) is 0 Å². The molecule has 27 heavy (non-hydrogen) atoms. The first-order valence-electron chi connectivity index (χ1n) is 8.97. The van der Waals surface area contributed by atoms with Crippen LogP contribution in [-0.4, -0.2) is 55.8 Å². The van der Waals surface area contributed by atoms with Crippen molar-refractivity contribution in [1.82, 2.24) is 4.90 Å². The van der Waals surface area contributed by atoms with Crippen molar-refractivity contribution in [2.75, 3.05) is 26.9 Å². The molecule has 148 valence electrons. The number of methoxy groups -OCH3 is 1. The molecule has 0 aromatic heterocycles. The molecule has 0 unspecified atom stereocenters.